The van der Waals surface area contributed by atoms with Gasteiger partial charge in [0.1, 0.15) is 5.82 Å². The van der Waals surface area contributed by atoms with Gasteiger partial charge in [0.2, 0.25) is 0 Å². The van der Waals surface area contributed by atoms with Crippen LogP contribution < -0.4 is 10.2 Å². The molecular formula is C14H17BrN4. The SMILES string of the molecule is CNc1nc(-c2ccc(N(C)C)cc2)nc(C)c1Br. The number of anilines is 2. The van der Waals surface area contributed by atoms with Crippen molar-refractivity contribution in [2.75, 3.05) is 31.4 Å². The Morgan fingerprint density at radius 2 is 1.74 bits per heavy atom. The second-order valence-corrected chi connectivity index (χ2v) is 5.28. The molecule has 0 unspecified atom stereocenters. The maximum absolute atomic E-state index is 4.51. The van der Waals surface area contributed by atoms with E-state index in [1.54, 1.807) is 0 Å². The Balaban J connectivity index is 2.44. The highest BCUT2D eigenvalue weighted by Gasteiger charge is 2.09. The van der Waals surface area contributed by atoms with Crippen LogP contribution in [0.15, 0.2) is 28.7 Å². The number of nitrogens with zero attached hydrogens (tertiary/aromatic N) is 3. The number of nitrogens with one attached hydrogen (secondary N) is 1. The number of hydrogen-bond acceptors (Lipinski definition) is 4. The van der Waals surface area contributed by atoms with Gasteiger partial charge in [-0.05, 0) is 47.1 Å². The highest BCUT2D eigenvalue weighted by atomic mass is 79.9. The average molecular weight is 321 g/mol. The number of aromatic nitrogens is 2. The van der Waals surface area contributed by atoms with E-state index in [0.717, 1.165) is 33.1 Å². The minimum absolute atomic E-state index is 0.732. The van der Waals surface area contributed by atoms with E-state index in [2.05, 4.69) is 48.2 Å². The Morgan fingerprint density at radius 3 is 2.26 bits per heavy atom. The Hall–Kier alpha value is -1.62. The first-order valence-electron chi connectivity index (χ1n) is 6.02. The smallest absolute Gasteiger partial charge is 0.161 e. The molecule has 0 aliphatic rings. The predicted octanol–water partition coefficient (Wildman–Crippen LogP) is 3.32. The molecular weight excluding hydrogens is 304 g/mol. The van der Waals surface area contributed by atoms with Crippen molar-refractivity contribution in [2.24, 2.45) is 0 Å². The van der Waals surface area contributed by atoms with Gasteiger partial charge in [-0.25, -0.2) is 9.97 Å². The van der Waals surface area contributed by atoms with E-state index in [1.165, 1.54) is 0 Å². The largest absolute Gasteiger partial charge is 0.378 e. The molecule has 0 fully saturated rings. The molecule has 0 saturated carbocycles. The van der Waals surface area contributed by atoms with Crippen LogP contribution in [0, 0.1) is 6.92 Å². The molecule has 0 radical (unpaired) electrons. The van der Waals surface area contributed by atoms with Crippen molar-refractivity contribution in [1.29, 1.82) is 0 Å². The average Bonchev–Trinajstić information content (AvgIpc) is 2.41. The molecule has 0 atom stereocenters. The van der Waals surface area contributed by atoms with Crippen LogP contribution in [0.1, 0.15) is 5.69 Å². The molecule has 0 saturated heterocycles. The topological polar surface area (TPSA) is 41.1 Å². The highest BCUT2D eigenvalue weighted by molar-refractivity contribution is 9.10. The van der Waals surface area contributed by atoms with Crippen LogP contribution in [0.25, 0.3) is 11.4 Å². The Morgan fingerprint density at radius 1 is 1.11 bits per heavy atom. The maximum Gasteiger partial charge on any atom is 0.161 e. The van der Waals surface area contributed by atoms with Gasteiger partial charge < -0.3 is 10.2 Å². The molecule has 5 heteroatoms. The zero-order valence-electron chi connectivity index (χ0n) is 11.5. The van der Waals surface area contributed by atoms with E-state index in [0.29, 0.717) is 0 Å². The van der Waals surface area contributed by atoms with E-state index in [-0.39, 0.29) is 0 Å². The molecule has 1 heterocycles. The third-order valence-corrected chi connectivity index (χ3v) is 3.84. The quantitative estimate of drug-likeness (QED) is 0.941. The van der Waals surface area contributed by atoms with Crippen molar-refractivity contribution in [3.8, 4) is 11.4 Å². The minimum Gasteiger partial charge on any atom is -0.378 e. The molecule has 0 spiro atoms. The summed E-state index contributed by atoms with van der Waals surface area (Å²) in [6, 6.07) is 8.21. The summed E-state index contributed by atoms with van der Waals surface area (Å²) in [4.78, 5) is 11.1. The molecule has 0 aliphatic carbocycles. The van der Waals surface area contributed by atoms with Gasteiger partial charge in [-0.15, -0.1) is 0 Å². The predicted molar refractivity (Wildman–Crippen MR) is 83.8 cm³/mol. The van der Waals surface area contributed by atoms with Crippen LogP contribution in [0.5, 0.6) is 0 Å². The van der Waals surface area contributed by atoms with Crippen molar-refractivity contribution >= 4 is 27.4 Å². The van der Waals surface area contributed by atoms with Gasteiger partial charge in [0.05, 0.1) is 10.2 Å². The minimum atomic E-state index is 0.732. The summed E-state index contributed by atoms with van der Waals surface area (Å²) in [5.41, 5.74) is 3.09. The molecule has 0 amide bonds. The van der Waals surface area contributed by atoms with E-state index in [4.69, 9.17) is 0 Å². The third-order valence-electron chi connectivity index (χ3n) is 2.90. The summed E-state index contributed by atoms with van der Waals surface area (Å²) in [6.07, 6.45) is 0. The lowest BCUT2D eigenvalue weighted by Gasteiger charge is -2.13. The van der Waals surface area contributed by atoms with E-state index in [9.17, 15) is 0 Å². The lowest BCUT2D eigenvalue weighted by Crippen LogP contribution is -2.08. The molecule has 1 aromatic heterocycles. The second-order valence-electron chi connectivity index (χ2n) is 4.49. The maximum atomic E-state index is 4.51. The van der Waals surface area contributed by atoms with E-state index < -0.39 is 0 Å². The number of benzene rings is 1. The number of hydrogen-bond donors (Lipinski definition) is 1. The molecule has 100 valence electrons. The molecule has 4 nitrogen and oxygen atoms in total. The lowest BCUT2D eigenvalue weighted by atomic mass is 10.2. The van der Waals surface area contributed by atoms with Crippen LogP contribution >= 0.6 is 15.9 Å². The molecule has 2 aromatic rings. The first kappa shape index (κ1) is 13.8. The van der Waals surface area contributed by atoms with E-state index >= 15 is 0 Å². The number of aryl methyl sites for hydroxylation is 1. The van der Waals surface area contributed by atoms with Crippen molar-refractivity contribution in [3.05, 3.63) is 34.4 Å². The monoisotopic (exact) mass is 320 g/mol. The molecule has 2 rings (SSSR count). The second kappa shape index (κ2) is 5.57. The first-order valence-corrected chi connectivity index (χ1v) is 6.82. The highest BCUT2D eigenvalue weighted by Crippen LogP contribution is 2.27. The van der Waals surface area contributed by atoms with Gasteiger partial charge in [0, 0.05) is 32.4 Å². The van der Waals surface area contributed by atoms with E-state index in [1.807, 2.05) is 40.2 Å². The summed E-state index contributed by atoms with van der Waals surface area (Å²) in [6.45, 7) is 1.96. The lowest BCUT2D eigenvalue weighted by molar-refractivity contribution is 1.09. The fraction of sp³-hybridized carbons (Fsp3) is 0.286. The fourth-order valence-electron chi connectivity index (χ4n) is 1.76. The van der Waals surface area contributed by atoms with Gasteiger partial charge in [0.25, 0.3) is 0 Å². The zero-order chi connectivity index (χ0) is 14.0. The molecule has 1 aromatic carbocycles. The van der Waals surface area contributed by atoms with Crippen molar-refractivity contribution in [3.63, 3.8) is 0 Å². The standard InChI is InChI=1S/C14H17BrN4/c1-9-12(15)14(16-2)18-13(17-9)10-5-7-11(8-6-10)19(3)4/h5-8H,1-4H3,(H,16,17,18). The summed E-state index contributed by atoms with van der Waals surface area (Å²) in [7, 11) is 5.90. The van der Waals surface area contributed by atoms with Gasteiger partial charge >= 0.3 is 0 Å². The Kier molecular flexibility index (Phi) is 4.04. The molecule has 0 bridgehead atoms. The normalized spacial score (nSPS) is 10.4. The Bertz CT molecular complexity index is 579. The summed E-state index contributed by atoms with van der Waals surface area (Å²) in [5.74, 6) is 1.54. The fourth-order valence-corrected chi connectivity index (χ4v) is 2.14. The Labute approximate surface area is 122 Å². The van der Waals surface area contributed by atoms with Gasteiger partial charge in [-0.1, -0.05) is 0 Å². The van der Waals surface area contributed by atoms with Crippen molar-refractivity contribution in [2.45, 2.75) is 6.92 Å². The summed E-state index contributed by atoms with van der Waals surface area (Å²) in [5, 5.41) is 3.07. The van der Waals surface area contributed by atoms with Gasteiger partial charge in [-0.2, -0.15) is 0 Å². The van der Waals surface area contributed by atoms with Crippen LogP contribution in [0.3, 0.4) is 0 Å². The van der Waals surface area contributed by atoms with Gasteiger partial charge in [-0.3, -0.25) is 0 Å². The molecule has 19 heavy (non-hydrogen) atoms. The van der Waals surface area contributed by atoms with Gasteiger partial charge in [0.15, 0.2) is 5.82 Å². The summed E-state index contributed by atoms with van der Waals surface area (Å²) < 4.78 is 0.906. The van der Waals surface area contributed by atoms with Crippen LogP contribution in [0.4, 0.5) is 11.5 Å². The van der Waals surface area contributed by atoms with Crippen LogP contribution in [0.2, 0.25) is 0 Å². The first-order chi connectivity index (χ1) is 9.02. The zero-order valence-corrected chi connectivity index (χ0v) is 13.1. The van der Waals surface area contributed by atoms with Crippen molar-refractivity contribution in [1.82, 2.24) is 9.97 Å². The number of rotatable bonds is 3. The van der Waals surface area contributed by atoms with Crippen LogP contribution in [-0.2, 0) is 0 Å². The van der Waals surface area contributed by atoms with Crippen LogP contribution in [-0.4, -0.2) is 31.1 Å². The number of halogens is 1. The molecule has 0 aliphatic heterocycles. The van der Waals surface area contributed by atoms with Crippen molar-refractivity contribution < 1.29 is 0 Å². The summed E-state index contributed by atoms with van der Waals surface area (Å²) >= 11 is 3.48. The molecule has 1 N–H and O–H groups in total. The third kappa shape index (κ3) is 2.87.